The van der Waals surface area contributed by atoms with Gasteiger partial charge in [-0.25, -0.2) is 4.39 Å². The minimum Gasteiger partial charge on any atom is -0.343 e. The number of hydrogen-bond acceptors (Lipinski definition) is 4. The van der Waals surface area contributed by atoms with Gasteiger partial charge in [-0.15, -0.1) is 0 Å². The van der Waals surface area contributed by atoms with Gasteiger partial charge in [-0.1, -0.05) is 35.9 Å². The second-order valence-corrected chi connectivity index (χ2v) is 11.2. The van der Waals surface area contributed by atoms with Crippen LogP contribution in [0.2, 0.25) is 5.02 Å². The van der Waals surface area contributed by atoms with Crippen LogP contribution in [0.4, 0.5) is 10.1 Å². The average Bonchev–Trinajstić information content (AvgIpc) is 2.90. The number of carbonyl (C=O) groups is 2. The van der Waals surface area contributed by atoms with Crippen LogP contribution in [0.1, 0.15) is 44.2 Å². The normalized spacial score (nSPS) is 19.5. The molecule has 4 rings (SSSR count). The molecule has 0 radical (unpaired) electrons. The molecule has 2 aliphatic rings. The highest BCUT2D eigenvalue weighted by Gasteiger charge is 2.31. The van der Waals surface area contributed by atoms with Crippen molar-refractivity contribution in [2.75, 3.05) is 50.7 Å². The predicted octanol–water partition coefficient (Wildman–Crippen LogP) is 4.98. The van der Waals surface area contributed by atoms with Crippen LogP contribution in [0, 0.1) is 18.7 Å². The molecule has 6 nitrogen and oxygen atoms in total. The summed E-state index contributed by atoms with van der Waals surface area (Å²) in [4.78, 5) is 33.9. The Bertz CT molecular complexity index is 1120. The van der Waals surface area contributed by atoms with E-state index in [4.69, 9.17) is 11.6 Å². The molecular weight excluding hydrogens is 503 g/mol. The molecule has 2 aromatic carbocycles. The number of carbonyl (C=O) groups excluding carboxylic acids is 2. The Labute approximate surface area is 231 Å². The lowest BCUT2D eigenvalue weighted by atomic mass is 9.94. The van der Waals surface area contributed by atoms with E-state index in [0.717, 1.165) is 49.4 Å². The maximum atomic E-state index is 14.1. The molecule has 2 aliphatic heterocycles. The molecule has 2 saturated heterocycles. The van der Waals surface area contributed by atoms with Crippen LogP contribution in [0.3, 0.4) is 0 Å². The lowest BCUT2D eigenvalue weighted by Gasteiger charge is -2.40. The van der Waals surface area contributed by atoms with E-state index in [0.29, 0.717) is 50.1 Å². The van der Waals surface area contributed by atoms with Gasteiger partial charge in [-0.3, -0.25) is 19.4 Å². The van der Waals surface area contributed by atoms with Gasteiger partial charge in [0.05, 0.1) is 0 Å². The van der Waals surface area contributed by atoms with E-state index in [2.05, 4.69) is 16.7 Å². The lowest BCUT2D eigenvalue weighted by Crippen LogP contribution is -2.52. The molecule has 0 bridgehead atoms. The van der Waals surface area contributed by atoms with Gasteiger partial charge in [0.15, 0.2) is 0 Å². The SMILES string of the molecule is CC(=O)N1CCC(C(=O)N(CCCN2CCN(Cc3ccccc3F)CC2C)c2ccc(C)c(Cl)c2)CC1. The van der Waals surface area contributed by atoms with Gasteiger partial charge >= 0.3 is 0 Å². The fraction of sp³-hybridized carbons (Fsp3) is 0.533. The summed E-state index contributed by atoms with van der Waals surface area (Å²) in [7, 11) is 0. The summed E-state index contributed by atoms with van der Waals surface area (Å²) in [6.45, 7) is 11.9. The van der Waals surface area contributed by atoms with Gasteiger partial charge in [0.25, 0.3) is 0 Å². The number of benzene rings is 2. The van der Waals surface area contributed by atoms with Crippen LogP contribution in [-0.2, 0) is 16.1 Å². The number of nitrogens with zero attached hydrogens (tertiary/aromatic N) is 4. The van der Waals surface area contributed by atoms with Crippen molar-refractivity contribution in [3.05, 3.63) is 64.4 Å². The summed E-state index contributed by atoms with van der Waals surface area (Å²) in [5.41, 5.74) is 2.57. The third-order valence-corrected chi connectivity index (χ3v) is 8.46. The Morgan fingerprint density at radius 2 is 1.82 bits per heavy atom. The minimum absolute atomic E-state index is 0.0705. The number of aryl methyl sites for hydroxylation is 1. The van der Waals surface area contributed by atoms with Crippen molar-refractivity contribution in [1.82, 2.24) is 14.7 Å². The minimum atomic E-state index is -0.143. The van der Waals surface area contributed by atoms with E-state index in [-0.39, 0.29) is 23.5 Å². The second-order valence-electron chi connectivity index (χ2n) is 10.8. The van der Waals surface area contributed by atoms with Crippen molar-refractivity contribution in [2.45, 2.75) is 52.6 Å². The maximum absolute atomic E-state index is 14.1. The highest BCUT2D eigenvalue weighted by molar-refractivity contribution is 6.31. The maximum Gasteiger partial charge on any atom is 0.230 e. The van der Waals surface area contributed by atoms with Crippen molar-refractivity contribution in [3.63, 3.8) is 0 Å². The van der Waals surface area contributed by atoms with Gasteiger partial charge in [-0.2, -0.15) is 0 Å². The van der Waals surface area contributed by atoms with E-state index in [9.17, 15) is 14.0 Å². The number of rotatable bonds is 8. The van der Waals surface area contributed by atoms with E-state index in [1.165, 1.54) is 6.07 Å². The zero-order valence-corrected chi connectivity index (χ0v) is 23.6. The highest BCUT2D eigenvalue weighted by Crippen LogP contribution is 2.28. The smallest absolute Gasteiger partial charge is 0.230 e. The predicted molar refractivity (Wildman–Crippen MR) is 151 cm³/mol. The molecule has 206 valence electrons. The molecule has 2 aromatic rings. The molecule has 2 fully saturated rings. The Kier molecular flexibility index (Phi) is 9.80. The highest BCUT2D eigenvalue weighted by atomic mass is 35.5. The first-order valence-electron chi connectivity index (χ1n) is 13.8. The molecule has 0 N–H and O–H groups in total. The summed E-state index contributed by atoms with van der Waals surface area (Å²) in [5, 5.41) is 0.659. The molecule has 2 heterocycles. The van der Waals surface area contributed by atoms with E-state index in [1.54, 1.807) is 13.0 Å². The van der Waals surface area contributed by atoms with Gasteiger partial charge in [0.1, 0.15) is 5.82 Å². The van der Waals surface area contributed by atoms with Crippen molar-refractivity contribution in [3.8, 4) is 0 Å². The van der Waals surface area contributed by atoms with E-state index < -0.39 is 0 Å². The first-order valence-corrected chi connectivity index (χ1v) is 14.1. The zero-order valence-electron chi connectivity index (χ0n) is 22.8. The Balaban J connectivity index is 1.35. The van der Waals surface area contributed by atoms with Crippen molar-refractivity contribution in [1.29, 1.82) is 0 Å². The largest absolute Gasteiger partial charge is 0.343 e. The van der Waals surface area contributed by atoms with Crippen LogP contribution in [0.15, 0.2) is 42.5 Å². The first kappa shape index (κ1) is 28.5. The number of likely N-dealkylation sites (tertiary alicyclic amines) is 1. The molecular formula is C30H40ClFN4O2. The third-order valence-electron chi connectivity index (χ3n) is 8.05. The average molecular weight is 543 g/mol. The van der Waals surface area contributed by atoms with E-state index in [1.807, 2.05) is 47.1 Å². The van der Waals surface area contributed by atoms with Crippen LogP contribution in [0.5, 0.6) is 0 Å². The number of halogens is 2. The molecule has 0 aliphatic carbocycles. The van der Waals surface area contributed by atoms with Gasteiger partial charge < -0.3 is 9.80 Å². The summed E-state index contributed by atoms with van der Waals surface area (Å²) < 4.78 is 14.1. The number of anilines is 1. The molecule has 0 aromatic heterocycles. The quantitative estimate of drug-likeness (QED) is 0.472. The van der Waals surface area contributed by atoms with Gasteiger partial charge in [-0.05, 0) is 56.9 Å². The van der Waals surface area contributed by atoms with Gasteiger partial charge in [0, 0.05) is 87.5 Å². The summed E-state index contributed by atoms with van der Waals surface area (Å²) in [5.74, 6) is -0.0425. The topological polar surface area (TPSA) is 47.1 Å². The van der Waals surface area contributed by atoms with Crippen molar-refractivity contribution < 1.29 is 14.0 Å². The molecule has 38 heavy (non-hydrogen) atoms. The molecule has 8 heteroatoms. The third kappa shape index (κ3) is 7.13. The Morgan fingerprint density at radius 3 is 2.47 bits per heavy atom. The molecule has 1 atom stereocenters. The summed E-state index contributed by atoms with van der Waals surface area (Å²) in [6, 6.07) is 13.2. The summed E-state index contributed by atoms with van der Waals surface area (Å²) >= 11 is 6.44. The second kappa shape index (κ2) is 13.0. The standard InChI is InChI=1S/C30H40ClFN4O2/c1-22-9-10-27(19-28(22)31)36(30(38)25-11-15-35(16-12-25)24(3)37)14-6-13-34-18-17-33(20-23(34)2)21-26-7-4-5-8-29(26)32/h4-5,7-10,19,23,25H,6,11-18,20-21H2,1-3H3. The van der Waals surface area contributed by atoms with Crippen molar-refractivity contribution >= 4 is 29.1 Å². The zero-order chi connectivity index (χ0) is 27.2. The van der Waals surface area contributed by atoms with Gasteiger partial charge in [0.2, 0.25) is 11.8 Å². The number of amides is 2. The van der Waals surface area contributed by atoms with Crippen molar-refractivity contribution in [2.24, 2.45) is 5.92 Å². The number of piperazine rings is 1. The van der Waals surface area contributed by atoms with Crippen LogP contribution in [0.25, 0.3) is 0 Å². The fourth-order valence-corrected chi connectivity index (χ4v) is 5.80. The number of hydrogen-bond donors (Lipinski definition) is 0. The molecule has 2 amide bonds. The van der Waals surface area contributed by atoms with Crippen LogP contribution in [-0.4, -0.2) is 78.4 Å². The molecule has 1 unspecified atom stereocenters. The monoisotopic (exact) mass is 542 g/mol. The Morgan fingerprint density at radius 1 is 1.08 bits per heavy atom. The number of piperidine rings is 1. The molecule has 0 spiro atoms. The lowest BCUT2D eigenvalue weighted by molar-refractivity contribution is -0.133. The first-order chi connectivity index (χ1) is 18.2. The fourth-order valence-electron chi connectivity index (χ4n) is 5.62. The molecule has 0 saturated carbocycles. The summed E-state index contributed by atoms with van der Waals surface area (Å²) in [6.07, 6.45) is 2.23. The van der Waals surface area contributed by atoms with Crippen LogP contribution >= 0.6 is 11.6 Å². The van der Waals surface area contributed by atoms with Crippen LogP contribution < -0.4 is 4.90 Å². The Hall–Kier alpha value is -2.48. The van der Waals surface area contributed by atoms with E-state index >= 15 is 0 Å².